The minimum absolute atomic E-state index is 0.0492. The van der Waals surface area contributed by atoms with Crippen LogP contribution in [0.5, 0.6) is 0 Å². The van der Waals surface area contributed by atoms with Gasteiger partial charge in [0.2, 0.25) is 0 Å². The molecule has 2 unspecified atom stereocenters. The lowest BCUT2D eigenvalue weighted by Crippen LogP contribution is -2.55. The molecule has 0 spiro atoms. The summed E-state index contributed by atoms with van der Waals surface area (Å²) in [5.41, 5.74) is 6.41. The molecule has 37 heavy (non-hydrogen) atoms. The van der Waals surface area contributed by atoms with Crippen LogP contribution in [0.25, 0.3) is 22.1 Å². The first-order chi connectivity index (χ1) is 18.2. The second-order valence-electron chi connectivity index (χ2n) is 10.7. The first-order valence-electron chi connectivity index (χ1n) is 13.3. The van der Waals surface area contributed by atoms with Gasteiger partial charge in [-0.3, -0.25) is 4.79 Å². The molecule has 3 aromatic carbocycles. The van der Waals surface area contributed by atoms with Crippen LogP contribution in [0.4, 0.5) is 4.79 Å². The van der Waals surface area contributed by atoms with E-state index in [1.54, 1.807) is 6.26 Å². The number of ketones is 1. The van der Waals surface area contributed by atoms with Gasteiger partial charge in [0.15, 0.2) is 5.78 Å². The fraction of sp³-hybridized carbons (Fsp3) is 0.312. The molecular formula is C32H29NO4. The molecule has 186 valence electrons. The Hall–Kier alpha value is -3.86. The van der Waals surface area contributed by atoms with Crippen LogP contribution in [0.3, 0.4) is 0 Å². The number of furan rings is 1. The first-order valence-corrected chi connectivity index (χ1v) is 13.3. The van der Waals surface area contributed by atoms with Crippen LogP contribution < -0.4 is 0 Å². The minimum Gasteiger partial charge on any atom is -0.464 e. The topological polar surface area (TPSA) is 59.8 Å². The highest BCUT2D eigenvalue weighted by Crippen LogP contribution is 2.45. The number of benzene rings is 3. The van der Waals surface area contributed by atoms with Crippen molar-refractivity contribution < 1.29 is 18.7 Å². The Bertz CT molecular complexity index is 1440. The Morgan fingerprint density at radius 3 is 2.24 bits per heavy atom. The molecule has 2 saturated heterocycles. The molecule has 5 nitrogen and oxygen atoms in total. The van der Waals surface area contributed by atoms with Gasteiger partial charge in [-0.2, -0.15) is 0 Å². The summed E-state index contributed by atoms with van der Waals surface area (Å²) in [5, 5.41) is 0.946. The van der Waals surface area contributed by atoms with Gasteiger partial charge in [-0.1, -0.05) is 48.5 Å². The third-order valence-electron chi connectivity index (χ3n) is 8.63. The van der Waals surface area contributed by atoms with Crippen molar-refractivity contribution in [2.75, 3.05) is 6.61 Å². The zero-order valence-electron chi connectivity index (χ0n) is 20.6. The molecule has 4 aromatic rings. The van der Waals surface area contributed by atoms with Crippen molar-refractivity contribution >= 4 is 22.8 Å². The van der Waals surface area contributed by atoms with Crippen molar-refractivity contribution in [3.8, 4) is 11.1 Å². The maximum absolute atomic E-state index is 13.5. The third-order valence-corrected chi connectivity index (χ3v) is 8.63. The van der Waals surface area contributed by atoms with Gasteiger partial charge in [0, 0.05) is 34.9 Å². The first kappa shape index (κ1) is 22.3. The lowest BCUT2D eigenvalue weighted by atomic mass is 9.76. The number of piperidine rings is 2. The van der Waals surface area contributed by atoms with E-state index in [2.05, 4.69) is 48.5 Å². The molecule has 1 aliphatic carbocycles. The Morgan fingerprint density at radius 2 is 1.54 bits per heavy atom. The number of Topliss-reactive ketones (excluding diaryl/α,β-unsaturated/α-hetero) is 1. The van der Waals surface area contributed by atoms with Gasteiger partial charge in [-0.15, -0.1) is 0 Å². The molecule has 0 N–H and O–H groups in total. The molecule has 2 atom stereocenters. The summed E-state index contributed by atoms with van der Waals surface area (Å²) in [6.45, 7) is 0.329. The summed E-state index contributed by atoms with van der Waals surface area (Å²) in [6, 6.07) is 24.4. The van der Waals surface area contributed by atoms with E-state index >= 15 is 0 Å². The Morgan fingerprint density at radius 1 is 0.865 bits per heavy atom. The fourth-order valence-electron chi connectivity index (χ4n) is 6.92. The molecule has 0 saturated carbocycles. The van der Waals surface area contributed by atoms with E-state index in [-0.39, 0.29) is 35.8 Å². The Kier molecular flexibility index (Phi) is 5.38. The van der Waals surface area contributed by atoms with Gasteiger partial charge in [0.25, 0.3) is 0 Å². The predicted molar refractivity (Wildman–Crippen MR) is 142 cm³/mol. The molecule has 0 radical (unpaired) electrons. The maximum Gasteiger partial charge on any atom is 0.410 e. The molecule has 3 aliphatic rings. The van der Waals surface area contributed by atoms with Crippen LogP contribution in [0.1, 0.15) is 59.5 Å². The zero-order chi connectivity index (χ0) is 24.9. The highest BCUT2D eigenvalue weighted by molar-refractivity contribution is 6.00. The molecule has 1 amide bonds. The summed E-state index contributed by atoms with van der Waals surface area (Å²) >= 11 is 0. The molecule has 2 fully saturated rings. The number of rotatable bonds is 4. The zero-order valence-corrected chi connectivity index (χ0v) is 20.6. The van der Waals surface area contributed by atoms with E-state index in [1.165, 1.54) is 22.3 Å². The van der Waals surface area contributed by atoms with Crippen LogP contribution in [-0.4, -0.2) is 35.5 Å². The summed E-state index contributed by atoms with van der Waals surface area (Å²) in [4.78, 5) is 28.9. The van der Waals surface area contributed by atoms with Gasteiger partial charge in [0.1, 0.15) is 12.2 Å². The standard InChI is InChI=1S/C32H29NO4/c34-31(21-12-13-30-20(16-21)14-15-36-30)22-17-23-6-5-7-24(18-22)33(23)32(35)37-19-29-27-10-3-1-8-25(27)26-9-2-4-11-28(26)29/h1-4,8-16,22-24,29H,5-7,17-19H2. The summed E-state index contributed by atoms with van der Waals surface area (Å²) in [6.07, 6.45) is 5.74. The molecule has 2 aliphatic heterocycles. The van der Waals surface area contributed by atoms with E-state index in [0.29, 0.717) is 19.4 Å². The van der Waals surface area contributed by atoms with Gasteiger partial charge >= 0.3 is 6.09 Å². The average Bonchev–Trinajstić information content (AvgIpc) is 3.53. The van der Waals surface area contributed by atoms with Crippen LogP contribution in [-0.2, 0) is 4.74 Å². The van der Waals surface area contributed by atoms with E-state index in [9.17, 15) is 9.59 Å². The molecular weight excluding hydrogens is 462 g/mol. The van der Waals surface area contributed by atoms with Gasteiger partial charge in [-0.25, -0.2) is 4.79 Å². The van der Waals surface area contributed by atoms with Gasteiger partial charge in [0.05, 0.1) is 6.26 Å². The normalized spacial score (nSPS) is 22.5. The fourth-order valence-corrected chi connectivity index (χ4v) is 6.92. The minimum atomic E-state index is -0.234. The van der Waals surface area contributed by atoms with E-state index in [0.717, 1.165) is 35.8 Å². The number of fused-ring (bicyclic) bond motifs is 6. The molecule has 7 rings (SSSR count). The van der Waals surface area contributed by atoms with Gasteiger partial charge in [-0.05, 0) is 78.6 Å². The number of carbonyl (C=O) groups excluding carboxylic acids is 2. The summed E-state index contributed by atoms with van der Waals surface area (Å²) in [5.74, 6) is 0.151. The van der Waals surface area contributed by atoms with Crippen LogP contribution in [0, 0.1) is 5.92 Å². The second kappa shape index (κ2) is 8.91. The average molecular weight is 492 g/mol. The molecule has 3 heterocycles. The van der Waals surface area contributed by atoms with Crippen molar-refractivity contribution in [1.82, 2.24) is 4.90 Å². The van der Waals surface area contributed by atoms with E-state index < -0.39 is 0 Å². The smallest absolute Gasteiger partial charge is 0.410 e. The Balaban J connectivity index is 1.07. The number of hydrogen-bond acceptors (Lipinski definition) is 4. The highest BCUT2D eigenvalue weighted by Gasteiger charge is 2.44. The Labute approximate surface area is 216 Å². The highest BCUT2D eigenvalue weighted by atomic mass is 16.6. The van der Waals surface area contributed by atoms with Crippen LogP contribution in [0.2, 0.25) is 0 Å². The van der Waals surface area contributed by atoms with Crippen molar-refractivity contribution in [3.63, 3.8) is 0 Å². The molecule has 1 aromatic heterocycles. The van der Waals surface area contributed by atoms with Crippen molar-refractivity contribution in [2.45, 2.75) is 50.1 Å². The van der Waals surface area contributed by atoms with Crippen molar-refractivity contribution in [1.29, 1.82) is 0 Å². The monoisotopic (exact) mass is 491 g/mol. The van der Waals surface area contributed by atoms with Gasteiger partial charge < -0.3 is 14.1 Å². The molecule has 5 heteroatoms. The predicted octanol–water partition coefficient (Wildman–Crippen LogP) is 7.20. The lowest BCUT2D eigenvalue weighted by Gasteiger charge is -2.47. The largest absolute Gasteiger partial charge is 0.464 e. The number of carbonyl (C=O) groups is 2. The van der Waals surface area contributed by atoms with Crippen molar-refractivity contribution in [3.05, 3.63) is 95.7 Å². The number of amides is 1. The quantitative estimate of drug-likeness (QED) is 0.283. The maximum atomic E-state index is 13.5. The number of hydrogen-bond donors (Lipinski definition) is 0. The van der Waals surface area contributed by atoms with E-state index in [4.69, 9.17) is 9.15 Å². The van der Waals surface area contributed by atoms with Crippen molar-refractivity contribution in [2.24, 2.45) is 5.92 Å². The van der Waals surface area contributed by atoms with Crippen LogP contribution >= 0.6 is 0 Å². The summed E-state index contributed by atoms with van der Waals surface area (Å²) < 4.78 is 11.5. The number of ether oxygens (including phenoxy) is 1. The SMILES string of the molecule is O=C(c1ccc2occc2c1)C1CC2CCCC(C1)N2C(=O)OCC1c2ccccc2-c2ccccc21. The number of nitrogens with zero attached hydrogens (tertiary/aromatic N) is 1. The second-order valence-corrected chi connectivity index (χ2v) is 10.7. The summed E-state index contributed by atoms with van der Waals surface area (Å²) in [7, 11) is 0. The molecule has 2 bridgehead atoms. The lowest BCUT2D eigenvalue weighted by molar-refractivity contribution is 0.00651. The van der Waals surface area contributed by atoms with E-state index in [1.807, 2.05) is 29.2 Å². The van der Waals surface area contributed by atoms with Crippen LogP contribution in [0.15, 0.2) is 83.5 Å². The third kappa shape index (κ3) is 3.76.